The van der Waals surface area contributed by atoms with Crippen molar-refractivity contribution in [3.05, 3.63) is 12.7 Å². The van der Waals surface area contributed by atoms with Gasteiger partial charge in [0, 0.05) is 6.92 Å². The summed E-state index contributed by atoms with van der Waals surface area (Å²) in [6, 6.07) is 0. The average molecular weight is 186 g/mol. The van der Waals surface area contributed by atoms with E-state index in [4.69, 9.17) is 9.47 Å². The van der Waals surface area contributed by atoms with Gasteiger partial charge in [-0.1, -0.05) is 12.7 Å². The lowest BCUT2D eigenvalue weighted by Crippen LogP contribution is -2.38. The zero-order valence-corrected chi connectivity index (χ0v) is 8.12. The fourth-order valence-corrected chi connectivity index (χ4v) is 0.709. The number of carbonyl (C=O) groups is 2. The molecule has 0 amide bonds. The van der Waals surface area contributed by atoms with Crippen molar-refractivity contribution in [3.63, 3.8) is 0 Å². The fraction of sp³-hybridized carbons (Fsp3) is 0.556. The Morgan fingerprint density at radius 3 is 2.38 bits per heavy atom. The third-order valence-corrected chi connectivity index (χ3v) is 1.22. The highest BCUT2D eigenvalue weighted by atomic mass is 16.6. The zero-order valence-electron chi connectivity index (χ0n) is 8.12. The summed E-state index contributed by atoms with van der Waals surface area (Å²) >= 11 is 0. The maximum absolute atomic E-state index is 11.2. The molecule has 13 heavy (non-hydrogen) atoms. The molecule has 0 unspecified atom stereocenters. The van der Waals surface area contributed by atoms with Gasteiger partial charge in [0.1, 0.15) is 6.61 Å². The van der Waals surface area contributed by atoms with Gasteiger partial charge in [-0.2, -0.15) is 0 Å². The van der Waals surface area contributed by atoms with Crippen LogP contribution in [0.4, 0.5) is 0 Å². The van der Waals surface area contributed by atoms with Crippen molar-refractivity contribution >= 4 is 11.9 Å². The van der Waals surface area contributed by atoms with Gasteiger partial charge in [0.15, 0.2) is 0 Å². The molecule has 0 aromatic carbocycles. The van der Waals surface area contributed by atoms with Crippen molar-refractivity contribution < 1.29 is 19.1 Å². The van der Waals surface area contributed by atoms with Crippen molar-refractivity contribution in [2.45, 2.75) is 26.4 Å². The van der Waals surface area contributed by atoms with E-state index < -0.39 is 17.5 Å². The lowest BCUT2D eigenvalue weighted by Gasteiger charge is -2.21. The molecular formula is C9H14O4. The molecule has 0 aliphatic rings. The predicted molar refractivity (Wildman–Crippen MR) is 47.0 cm³/mol. The van der Waals surface area contributed by atoms with Crippen molar-refractivity contribution in [1.82, 2.24) is 0 Å². The molecule has 0 bridgehead atoms. The third kappa shape index (κ3) is 4.30. The SMILES string of the molecule is C=CCOC(=O)C(C)(C)OC(C)=O. The quantitative estimate of drug-likeness (QED) is 0.486. The van der Waals surface area contributed by atoms with Crippen LogP contribution in [0.15, 0.2) is 12.7 Å². The maximum Gasteiger partial charge on any atom is 0.350 e. The van der Waals surface area contributed by atoms with E-state index in [-0.39, 0.29) is 6.61 Å². The van der Waals surface area contributed by atoms with Gasteiger partial charge in [-0.3, -0.25) is 4.79 Å². The minimum absolute atomic E-state index is 0.115. The molecule has 0 aromatic heterocycles. The van der Waals surface area contributed by atoms with Crippen molar-refractivity contribution in [3.8, 4) is 0 Å². The van der Waals surface area contributed by atoms with Gasteiger partial charge in [-0.05, 0) is 13.8 Å². The summed E-state index contributed by atoms with van der Waals surface area (Å²) in [6.07, 6.45) is 1.45. The van der Waals surface area contributed by atoms with E-state index in [0.717, 1.165) is 0 Å². The number of esters is 2. The van der Waals surface area contributed by atoms with Gasteiger partial charge < -0.3 is 9.47 Å². The van der Waals surface area contributed by atoms with Gasteiger partial charge in [0.05, 0.1) is 0 Å². The summed E-state index contributed by atoms with van der Waals surface area (Å²) in [7, 11) is 0. The molecule has 74 valence electrons. The van der Waals surface area contributed by atoms with Gasteiger partial charge >= 0.3 is 11.9 Å². The average Bonchev–Trinajstić information content (AvgIpc) is 1.97. The number of hydrogen-bond acceptors (Lipinski definition) is 4. The predicted octanol–water partition coefficient (Wildman–Crippen LogP) is 1.06. The van der Waals surface area contributed by atoms with Crippen LogP contribution < -0.4 is 0 Å². The summed E-state index contributed by atoms with van der Waals surface area (Å²) in [5, 5.41) is 0. The smallest absolute Gasteiger partial charge is 0.350 e. The Kier molecular flexibility index (Phi) is 4.17. The van der Waals surface area contributed by atoms with Crippen LogP contribution in [0.5, 0.6) is 0 Å². The Morgan fingerprint density at radius 1 is 1.46 bits per heavy atom. The first-order valence-electron chi connectivity index (χ1n) is 3.88. The van der Waals surface area contributed by atoms with E-state index in [9.17, 15) is 9.59 Å². The molecule has 0 saturated heterocycles. The summed E-state index contributed by atoms with van der Waals surface area (Å²) in [6.45, 7) is 7.69. The van der Waals surface area contributed by atoms with Gasteiger partial charge in [-0.25, -0.2) is 4.79 Å². The largest absolute Gasteiger partial charge is 0.459 e. The number of carbonyl (C=O) groups excluding carboxylic acids is 2. The Bertz CT molecular complexity index is 218. The highest BCUT2D eigenvalue weighted by Crippen LogP contribution is 2.11. The van der Waals surface area contributed by atoms with Crippen LogP contribution in [0.25, 0.3) is 0 Å². The second-order valence-corrected chi connectivity index (χ2v) is 2.99. The van der Waals surface area contributed by atoms with Crippen LogP contribution >= 0.6 is 0 Å². The minimum atomic E-state index is -1.23. The highest BCUT2D eigenvalue weighted by molar-refractivity contribution is 5.82. The molecule has 0 N–H and O–H groups in total. The third-order valence-electron chi connectivity index (χ3n) is 1.22. The molecule has 0 rings (SSSR count). The first kappa shape index (κ1) is 11.7. The number of rotatable bonds is 4. The molecule has 0 saturated carbocycles. The van der Waals surface area contributed by atoms with Crippen LogP contribution in [0.1, 0.15) is 20.8 Å². The van der Waals surface area contributed by atoms with Gasteiger partial charge in [0.25, 0.3) is 0 Å². The first-order valence-corrected chi connectivity index (χ1v) is 3.88. The molecular weight excluding hydrogens is 172 g/mol. The van der Waals surface area contributed by atoms with Crippen molar-refractivity contribution in [2.24, 2.45) is 0 Å². The number of ether oxygens (including phenoxy) is 2. The van der Waals surface area contributed by atoms with Crippen LogP contribution in [0.3, 0.4) is 0 Å². The van der Waals surface area contributed by atoms with E-state index in [1.54, 1.807) is 0 Å². The number of hydrogen-bond donors (Lipinski definition) is 0. The molecule has 0 atom stereocenters. The van der Waals surface area contributed by atoms with Crippen LogP contribution in [0, 0.1) is 0 Å². The molecule has 4 nitrogen and oxygen atoms in total. The Morgan fingerprint density at radius 2 is 2.00 bits per heavy atom. The Hall–Kier alpha value is -1.32. The van der Waals surface area contributed by atoms with Crippen LogP contribution in [0.2, 0.25) is 0 Å². The fourth-order valence-electron chi connectivity index (χ4n) is 0.709. The standard InChI is InChI=1S/C9H14O4/c1-5-6-12-8(11)9(3,4)13-7(2)10/h5H,1,6H2,2-4H3. The van der Waals surface area contributed by atoms with E-state index >= 15 is 0 Å². The van der Waals surface area contributed by atoms with Gasteiger partial charge in [0.2, 0.25) is 5.60 Å². The highest BCUT2D eigenvalue weighted by Gasteiger charge is 2.32. The Labute approximate surface area is 77.5 Å². The van der Waals surface area contributed by atoms with Crippen LogP contribution in [-0.4, -0.2) is 24.1 Å². The van der Waals surface area contributed by atoms with Crippen LogP contribution in [-0.2, 0) is 19.1 Å². The summed E-state index contributed by atoms with van der Waals surface area (Å²) in [5.41, 5.74) is -1.23. The minimum Gasteiger partial charge on any atom is -0.459 e. The molecule has 0 aliphatic heterocycles. The van der Waals surface area contributed by atoms with E-state index in [1.807, 2.05) is 0 Å². The van der Waals surface area contributed by atoms with Gasteiger partial charge in [-0.15, -0.1) is 0 Å². The topological polar surface area (TPSA) is 52.6 Å². The second kappa shape index (κ2) is 4.64. The van der Waals surface area contributed by atoms with Crippen molar-refractivity contribution in [1.29, 1.82) is 0 Å². The maximum atomic E-state index is 11.2. The summed E-state index contributed by atoms with van der Waals surface area (Å²) < 4.78 is 9.47. The molecule has 0 radical (unpaired) electrons. The molecule has 0 fully saturated rings. The first-order chi connectivity index (χ1) is 5.90. The molecule has 4 heteroatoms. The normalized spacial score (nSPS) is 10.4. The zero-order chi connectivity index (χ0) is 10.5. The molecule has 0 aliphatic carbocycles. The Balaban J connectivity index is 4.18. The molecule has 0 heterocycles. The van der Waals surface area contributed by atoms with E-state index in [1.165, 1.54) is 26.8 Å². The monoisotopic (exact) mass is 186 g/mol. The van der Waals surface area contributed by atoms with E-state index in [0.29, 0.717) is 0 Å². The van der Waals surface area contributed by atoms with E-state index in [2.05, 4.69) is 6.58 Å². The molecule has 0 spiro atoms. The lowest BCUT2D eigenvalue weighted by molar-refractivity contribution is -0.176. The summed E-state index contributed by atoms with van der Waals surface area (Å²) in [5.74, 6) is -1.09. The second-order valence-electron chi connectivity index (χ2n) is 2.99. The van der Waals surface area contributed by atoms with Crippen molar-refractivity contribution in [2.75, 3.05) is 6.61 Å². The summed E-state index contributed by atoms with van der Waals surface area (Å²) in [4.78, 5) is 21.8. The molecule has 0 aromatic rings. The lowest BCUT2D eigenvalue weighted by atomic mass is 10.1.